The predicted molar refractivity (Wildman–Crippen MR) is 126 cm³/mol. The minimum atomic E-state index is -0.273. The molecule has 31 heavy (non-hydrogen) atoms. The molecular formula is C27H19FNOS+. The lowest BCUT2D eigenvalue weighted by Crippen LogP contribution is -2.30. The summed E-state index contributed by atoms with van der Waals surface area (Å²) in [6.07, 6.45) is 2.03. The standard InChI is InChI=1S/C27H19FNOS/c1-16-6-8-19-20-9-10-21(28)25(18-7-11-23-17(15-18)12-14-31-23)27(20)30-26(19)24(16)22-5-3-4-13-29(22)2/h3-15H,1-2H3/q+1. The van der Waals surface area contributed by atoms with Gasteiger partial charge in [0.15, 0.2) is 6.20 Å². The maximum Gasteiger partial charge on any atom is 0.216 e. The van der Waals surface area contributed by atoms with Crippen LogP contribution in [0.15, 0.2) is 82.7 Å². The van der Waals surface area contributed by atoms with Crippen LogP contribution in [0.25, 0.3) is 54.4 Å². The first kappa shape index (κ1) is 18.3. The van der Waals surface area contributed by atoms with Crippen LogP contribution in [0.5, 0.6) is 0 Å². The molecule has 0 radical (unpaired) electrons. The zero-order chi connectivity index (χ0) is 21.1. The lowest BCUT2D eigenvalue weighted by Gasteiger charge is -2.05. The Morgan fingerprint density at radius 1 is 0.871 bits per heavy atom. The summed E-state index contributed by atoms with van der Waals surface area (Å²) < 4.78 is 24.9. The lowest BCUT2D eigenvalue weighted by atomic mass is 9.98. The molecule has 0 spiro atoms. The van der Waals surface area contributed by atoms with Crippen LogP contribution >= 0.6 is 11.3 Å². The van der Waals surface area contributed by atoms with Crippen molar-refractivity contribution in [1.29, 1.82) is 0 Å². The van der Waals surface area contributed by atoms with Gasteiger partial charge in [-0.05, 0) is 65.2 Å². The van der Waals surface area contributed by atoms with Crippen LogP contribution in [0.3, 0.4) is 0 Å². The summed E-state index contributed by atoms with van der Waals surface area (Å²) in [4.78, 5) is 0. The smallest absolute Gasteiger partial charge is 0.216 e. The van der Waals surface area contributed by atoms with E-state index in [9.17, 15) is 0 Å². The van der Waals surface area contributed by atoms with Crippen LogP contribution in [0, 0.1) is 12.7 Å². The second kappa shape index (κ2) is 6.76. The first-order valence-corrected chi connectivity index (χ1v) is 11.1. The lowest BCUT2D eigenvalue weighted by molar-refractivity contribution is -0.660. The molecule has 0 saturated carbocycles. The molecule has 0 bridgehead atoms. The number of aromatic nitrogens is 1. The summed E-state index contributed by atoms with van der Waals surface area (Å²) in [5, 5.41) is 5.10. The molecule has 3 heterocycles. The normalized spacial score (nSPS) is 11.7. The fourth-order valence-corrected chi connectivity index (χ4v) is 5.24. The van der Waals surface area contributed by atoms with Gasteiger partial charge in [-0.1, -0.05) is 18.2 Å². The SMILES string of the molecule is Cc1ccc2c(oc3c(-c4ccc5sccc5c4)c(F)ccc32)c1-c1cccc[n+]1C. The maximum absolute atomic E-state index is 15.2. The minimum absolute atomic E-state index is 0.273. The number of hydrogen-bond acceptors (Lipinski definition) is 2. The van der Waals surface area contributed by atoms with E-state index in [0.29, 0.717) is 11.1 Å². The highest BCUT2D eigenvalue weighted by molar-refractivity contribution is 7.17. The van der Waals surface area contributed by atoms with Crippen molar-refractivity contribution in [2.45, 2.75) is 6.92 Å². The Morgan fingerprint density at radius 3 is 2.52 bits per heavy atom. The van der Waals surface area contributed by atoms with Crippen LogP contribution in [0.1, 0.15) is 5.56 Å². The molecule has 150 valence electrons. The molecule has 0 aliphatic rings. The molecule has 0 atom stereocenters. The highest BCUT2D eigenvalue weighted by Crippen LogP contribution is 2.42. The van der Waals surface area contributed by atoms with E-state index in [1.807, 2.05) is 43.6 Å². The van der Waals surface area contributed by atoms with Gasteiger partial charge in [0.25, 0.3) is 0 Å². The first-order chi connectivity index (χ1) is 15.1. The van der Waals surface area contributed by atoms with Crippen molar-refractivity contribution in [3.8, 4) is 22.4 Å². The van der Waals surface area contributed by atoms with E-state index >= 15 is 4.39 Å². The molecule has 0 aliphatic heterocycles. The Morgan fingerprint density at radius 2 is 1.68 bits per heavy atom. The number of hydrogen-bond donors (Lipinski definition) is 0. The molecule has 3 aromatic carbocycles. The quantitative estimate of drug-likeness (QED) is 0.265. The van der Waals surface area contributed by atoms with E-state index in [1.165, 1.54) is 4.70 Å². The fraction of sp³-hybridized carbons (Fsp3) is 0.0741. The Bertz CT molecular complexity index is 1630. The van der Waals surface area contributed by atoms with Gasteiger partial charge in [0.05, 0.1) is 11.1 Å². The van der Waals surface area contributed by atoms with Crippen LogP contribution in [-0.2, 0) is 7.05 Å². The summed E-state index contributed by atoms with van der Waals surface area (Å²) >= 11 is 1.69. The van der Waals surface area contributed by atoms with Crippen LogP contribution in [0.2, 0.25) is 0 Å². The Labute approximate surface area is 182 Å². The molecule has 4 heteroatoms. The van der Waals surface area contributed by atoms with Crippen LogP contribution in [-0.4, -0.2) is 0 Å². The summed E-state index contributed by atoms with van der Waals surface area (Å²) in [6, 6.07) is 21.8. The van der Waals surface area contributed by atoms with Gasteiger partial charge < -0.3 is 4.42 Å². The van der Waals surface area contributed by atoms with E-state index in [4.69, 9.17) is 4.42 Å². The van der Waals surface area contributed by atoms with Crippen LogP contribution in [0.4, 0.5) is 4.39 Å². The third kappa shape index (κ3) is 2.72. The number of thiophene rings is 1. The topological polar surface area (TPSA) is 17.0 Å². The largest absolute Gasteiger partial charge is 0.454 e. The maximum atomic E-state index is 15.2. The first-order valence-electron chi connectivity index (χ1n) is 10.2. The van der Waals surface area contributed by atoms with Crippen molar-refractivity contribution in [2.75, 3.05) is 0 Å². The Balaban J connectivity index is 1.71. The van der Waals surface area contributed by atoms with Gasteiger partial charge in [-0.25, -0.2) is 8.96 Å². The fourth-order valence-electron chi connectivity index (χ4n) is 4.47. The number of aryl methyl sites for hydroxylation is 2. The third-order valence-corrected chi connectivity index (χ3v) is 6.92. The van der Waals surface area contributed by atoms with E-state index in [1.54, 1.807) is 17.4 Å². The zero-order valence-electron chi connectivity index (χ0n) is 17.1. The zero-order valence-corrected chi connectivity index (χ0v) is 18.0. The summed E-state index contributed by atoms with van der Waals surface area (Å²) in [6.45, 7) is 2.08. The molecule has 0 N–H and O–H groups in total. The summed E-state index contributed by atoms with van der Waals surface area (Å²) in [7, 11) is 2.03. The number of furan rings is 1. The average Bonchev–Trinajstić information content (AvgIpc) is 3.38. The molecular weight excluding hydrogens is 405 g/mol. The molecule has 6 rings (SSSR count). The Hall–Kier alpha value is -3.50. The minimum Gasteiger partial charge on any atom is -0.454 e. The van der Waals surface area contributed by atoms with Gasteiger partial charge in [0, 0.05) is 27.6 Å². The summed E-state index contributed by atoms with van der Waals surface area (Å²) in [5.41, 5.74) is 5.95. The van der Waals surface area contributed by atoms with Crippen molar-refractivity contribution in [2.24, 2.45) is 7.05 Å². The second-order valence-corrected chi connectivity index (χ2v) is 8.85. The molecule has 0 amide bonds. The summed E-state index contributed by atoms with van der Waals surface area (Å²) in [5.74, 6) is -0.273. The van der Waals surface area contributed by atoms with Gasteiger partial charge in [-0.15, -0.1) is 11.3 Å². The van der Waals surface area contributed by atoms with Gasteiger partial charge in [0.1, 0.15) is 24.0 Å². The van der Waals surface area contributed by atoms with Gasteiger partial charge in [-0.2, -0.15) is 0 Å². The second-order valence-electron chi connectivity index (χ2n) is 7.91. The molecule has 6 aromatic rings. The number of nitrogens with zero attached hydrogens (tertiary/aromatic N) is 1. The average molecular weight is 425 g/mol. The van der Waals surface area contributed by atoms with Crippen molar-refractivity contribution >= 4 is 43.4 Å². The van der Waals surface area contributed by atoms with Crippen LogP contribution < -0.4 is 4.57 Å². The molecule has 0 fully saturated rings. The molecule has 0 aliphatic carbocycles. The highest BCUT2D eigenvalue weighted by atomic mass is 32.1. The number of fused-ring (bicyclic) bond motifs is 4. The van der Waals surface area contributed by atoms with E-state index < -0.39 is 0 Å². The van der Waals surface area contributed by atoms with Gasteiger partial charge in [-0.3, -0.25) is 0 Å². The highest BCUT2D eigenvalue weighted by Gasteiger charge is 2.23. The number of pyridine rings is 1. The van der Waals surface area contributed by atoms with Gasteiger partial charge >= 0.3 is 0 Å². The van der Waals surface area contributed by atoms with Crippen molar-refractivity contribution in [1.82, 2.24) is 0 Å². The van der Waals surface area contributed by atoms with E-state index in [0.717, 1.165) is 44.1 Å². The molecule has 2 nitrogen and oxygen atoms in total. The van der Waals surface area contributed by atoms with E-state index in [-0.39, 0.29) is 5.82 Å². The number of benzene rings is 3. The molecule has 0 unspecified atom stereocenters. The third-order valence-electron chi connectivity index (χ3n) is 6.02. The van der Waals surface area contributed by atoms with E-state index in [2.05, 4.69) is 47.2 Å². The van der Waals surface area contributed by atoms with Crippen molar-refractivity contribution in [3.63, 3.8) is 0 Å². The van der Waals surface area contributed by atoms with Crippen molar-refractivity contribution < 1.29 is 13.4 Å². The predicted octanol–water partition coefficient (Wildman–Crippen LogP) is 7.41. The number of halogens is 1. The molecule has 0 saturated heterocycles. The molecule has 3 aromatic heterocycles. The number of rotatable bonds is 2. The van der Waals surface area contributed by atoms with Gasteiger partial charge in [0.2, 0.25) is 5.69 Å². The monoisotopic (exact) mass is 424 g/mol. The van der Waals surface area contributed by atoms with Crippen molar-refractivity contribution in [3.05, 3.63) is 89.7 Å². The Kier molecular flexibility index (Phi) is 3.99.